The molecule has 0 bridgehead atoms. The molecule has 0 aromatic carbocycles. The molecule has 0 aromatic heterocycles. The molecule has 0 unspecified atom stereocenters. The quantitative estimate of drug-likeness (QED) is 0.293. The van der Waals surface area contributed by atoms with Crippen LogP contribution in [0, 0.1) is 0 Å². The first-order valence-electron chi connectivity index (χ1n) is 4.14. The fourth-order valence-electron chi connectivity index (χ4n) is 0.934. The average molecular weight is 245 g/mol. The summed E-state index contributed by atoms with van der Waals surface area (Å²) in [6.07, 6.45) is -7.00. The molecule has 0 rings (SSSR count). The van der Waals surface area contributed by atoms with Gasteiger partial charge in [-0.3, -0.25) is 0 Å². The van der Waals surface area contributed by atoms with Crippen molar-refractivity contribution >= 4 is 10.1 Å². The number of aliphatic hydroxyl groups excluding tert-OH is 4. The van der Waals surface area contributed by atoms with Crippen molar-refractivity contribution < 1.29 is 39.1 Å². The van der Waals surface area contributed by atoms with Crippen molar-refractivity contribution in [3.63, 3.8) is 0 Å². The van der Waals surface area contributed by atoms with Crippen LogP contribution in [-0.4, -0.2) is 70.1 Å². The fraction of sp³-hybridized carbons (Fsp3) is 1.00. The molecule has 15 heavy (non-hydrogen) atoms. The number of quaternary nitrogens is 1. The van der Waals surface area contributed by atoms with E-state index in [1.807, 2.05) is 0 Å². The Labute approximate surface area is 86.7 Å². The predicted octanol–water partition coefficient (Wildman–Crippen LogP) is -4.78. The van der Waals surface area contributed by atoms with E-state index in [0.717, 1.165) is 0 Å². The first kappa shape index (κ1) is 14.7. The van der Waals surface area contributed by atoms with Crippen LogP contribution in [-0.2, 0) is 10.1 Å². The monoisotopic (exact) mass is 245 g/mol. The molecule has 8 nitrogen and oxygen atoms in total. The normalized spacial score (nSPS) is 20.7. The maximum Gasteiger partial charge on any atom is 0.131 e. The summed E-state index contributed by atoms with van der Waals surface area (Å²) in [5, 5.41) is 36.4. The summed E-state index contributed by atoms with van der Waals surface area (Å²) in [7, 11) is -4.70. The van der Waals surface area contributed by atoms with E-state index >= 15 is 0 Å². The van der Waals surface area contributed by atoms with Crippen LogP contribution in [0.5, 0.6) is 0 Å². The Morgan fingerprint density at radius 3 is 1.80 bits per heavy atom. The van der Waals surface area contributed by atoms with E-state index in [9.17, 15) is 13.0 Å². The molecule has 0 radical (unpaired) electrons. The summed E-state index contributed by atoms with van der Waals surface area (Å²) in [5.74, 6) is -1.23. The van der Waals surface area contributed by atoms with Crippen LogP contribution in [0.15, 0.2) is 0 Å². The van der Waals surface area contributed by atoms with Gasteiger partial charge in [-0.25, -0.2) is 8.42 Å². The Balaban J connectivity index is 4.37. The van der Waals surface area contributed by atoms with Gasteiger partial charge in [0.1, 0.15) is 24.9 Å². The van der Waals surface area contributed by atoms with Crippen LogP contribution in [0.3, 0.4) is 0 Å². The van der Waals surface area contributed by atoms with Gasteiger partial charge in [-0.15, -0.1) is 0 Å². The molecule has 9 heteroatoms. The Hall–Kier alpha value is -0.290. The third-order valence-electron chi connectivity index (χ3n) is 1.81. The van der Waals surface area contributed by atoms with Crippen LogP contribution in [0.2, 0.25) is 0 Å². The maximum absolute atomic E-state index is 10.2. The van der Waals surface area contributed by atoms with Crippen molar-refractivity contribution in [3.05, 3.63) is 0 Å². The van der Waals surface area contributed by atoms with Crippen molar-refractivity contribution in [3.8, 4) is 0 Å². The lowest BCUT2D eigenvalue weighted by Gasteiger charge is -2.25. The minimum atomic E-state index is -4.70. The summed E-state index contributed by atoms with van der Waals surface area (Å²) in [6, 6.07) is 0. The Morgan fingerprint density at radius 2 is 1.47 bits per heavy atom. The van der Waals surface area contributed by atoms with E-state index in [4.69, 9.17) is 20.4 Å². The molecule has 92 valence electrons. The second-order valence-electron chi connectivity index (χ2n) is 3.13. The molecule has 0 amide bonds. The Kier molecular flexibility index (Phi) is 5.59. The molecule has 0 saturated heterocycles. The maximum atomic E-state index is 10.2. The van der Waals surface area contributed by atoms with Gasteiger partial charge in [-0.05, 0) is 0 Å². The Bertz CT molecular complexity index is 279. The van der Waals surface area contributed by atoms with Crippen LogP contribution < -0.4 is 5.73 Å². The van der Waals surface area contributed by atoms with Crippen molar-refractivity contribution in [1.29, 1.82) is 0 Å². The summed E-state index contributed by atoms with van der Waals surface area (Å²) in [6.45, 7) is -0.130. The smallest absolute Gasteiger partial charge is 0.131 e. The largest absolute Gasteiger partial charge is 0.748 e. The molecule has 0 aromatic rings. The molecule has 0 aliphatic rings. The van der Waals surface area contributed by atoms with Gasteiger partial charge in [0, 0.05) is 0 Å². The number of hydrogen-bond acceptors (Lipinski definition) is 7. The number of hydrogen-bond donors (Lipinski definition) is 5. The molecule has 0 heterocycles. The number of aliphatic hydroxyl groups is 4. The summed E-state index contributed by atoms with van der Waals surface area (Å²) >= 11 is 0. The first-order chi connectivity index (χ1) is 6.69. The zero-order chi connectivity index (χ0) is 12.2. The van der Waals surface area contributed by atoms with E-state index in [2.05, 4.69) is 5.73 Å². The fourth-order valence-corrected chi connectivity index (χ4v) is 1.55. The van der Waals surface area contributed by atoms with E-state index in [1.54, 1.807) is 0 Å². The minimum Gasteiger partial charge on any atom is -0.748 e. The topological polar surface area (TPSA) is 166 Å². The van der Waals surface area contributed by atoms with Gasteiger partial charge in [-0.2, -0.15) is 0 Å². The van der Waals surface area contributed by atoms with Crippen molar-refractivity contribution in [2.75, 3.05) is 12.3 Å². The Morgan fingerprint density at radius 1 is 1.07 bits per heavy atom. The van der Waals surface area contributed by atoms with Gasteiger partial charge < -0.3 is 30.7 Å². The summed E-state index contributed by atoms with van der Waals surface area (Å²) < 4.78 is 30.7. The van der Waals surface area contributed by atoms with Gasteiger partial charge >= 0.3 is 0 Å². The standard InChI is InChI=1S/C6H15NO7S/c7-1-3(8)5(10)6(11)4(9)2-15(12,13)14/h3-6,8-11H,1-2,7H2,(H,12,13,14)/t3-,4+,5+,6+/m0/s1. The molecule has 4 atom stereocenters. The van der Waals surface area contributed by atoms with Gasteiger partial charge in [0.15, 0.2) is 0 Å². The molecule has 0 fully saturated rings. The van der Waals surface area contributed by atoms with Gasteiger partial charge in [0.2, 0.25) is 0 Å². The predicted molar refractivity (Wildman–Crippen MR) is 46.3 cm³/mol. The molecule has 0 aliphatic carbocycles. The third kappa shape index (κ3) is 5.37. The molecule has 0 aliphatic heterocycles. The van der Waals surface area contributed by atoms with Gasteiger partial charge in [-0.1, -0.05) is 0 Å². The van der Waals surface area contributed by atoms with Crippen LogP contribution in [0.25, 0.3) is 0 Å². The zero-order valence-electron chi connectivity index (χ0n) is 7.85. The minimum absolute atomic E-state index is 0.130. The number of rotatable bonds is 6. The highest BCUT2D eigenvalue weighted by atomic mass is 32.2. The van der Waals surface area contributed by atoms with Crippen molar-refractivity contribution in [2.45, 2.75) is 24.4 Å². The van der Waals surface area contributed by atoms with Gasteiger partial charge in [0.05, 0.1) is 22.0 Å². The zero-order valence-corrected chi connectivity index (χ0v) is 8.67. The van der Waals surface area contributed by atoms with Crippen LogP contribution >= 0.6 is 0 Å². The van der Waals surface area contributed by atoms with E-state index in [-0.39, 0.29) is 6.54 Å². The lowest BCUT2D eigenvalue weighted by atomic mass is 10.0. The average Bonchev–Trinajstić information content (AvgIpc) is 2.11. The summed E-state index contributed by atoms with van der Waals surface area (Å²) in [4.78, 5) is 0. The van der Waals surface area contributed by atoms with Crippen molar-refractivity contribution in [2.24, 2.45) is 0 Å². The first-order valence-corrected chi connectivity index (χ1v) is 5.72. The molecule has 0 saturated carbocycles. The highest BCUT2D eigenvalue weighted by molar-refractivity contribution is 7.85. The third-order valence-corrected chi connectivity index (χ3v) is 2.56. The van der Waals surface area contributed by atoms with E-state index in [1.165, 1.54) is 0 Å². The van der Waals surface area contributed by atoms with E-state index in [0.29, 0.717) is 0 Å². The molecule has 7 N–H and O–H groups in total. The highest BCUT2D eigenvalue weighted by Crippen LogP contribution is 2.06. The van der Waals surface area contributed by atoms with Crippen LogP contribution in [0.4, 0.5) is 0 Å². The molecular weight excluding hydrogens is 230 g/mol. The summed E-state index contributed by atoms with van der Waals surface area (Å²) in [5.41, 5.74) is 3.24. The van der Waals surface area contributed by atoms with Crippen molar-refractivity contribution in [1.82, 2.24) is 0 Å². The van der Waals surface area contributed by atoms with Crippen LogP contribution in [0.1, 0.15) is 0 Å². The molecular formula is C6H15NO7S. The van der Waals surface area contributed by atoms with Gasteiger partial charge in [0.25, 0.3) is 0 Å². The lowest BCUT2D eigenvalue weighted by molar-refractivity contribution is -0.390. The second kappa shape index (κ2) is 5.70. The lowest BCUT2D eigenvalue weighted by Crippen LogP contribution is -2.61. The SMILES string of the molecule is [NH3+]C[C@H](O)[C@@H](O)[C@H](O)[C@H](O)CS(=O)(=O)[O-]. The highest BCUT2D eigenvalue weighted by Gasteiger charge is 2.31. The second-order valence-corrected chi connectivity index (χ2v) is 4.58. The molecule has 0 spiro atoms. The van der Waals surface area contributed by atoms with E-state index < -0.39 is 40.3 Å².